The van der Waals surface area contributed by atoms with E-state index < -0.39 is 0 Å². The molecule has 0 aliphatic carbocycles. The number of nitrogens with zero attached hydrogens (tertiary/aromatic N) is 1. The van der Waals surface area contributed by atoms with E-state index in [0.29, 0.717) is 13.2 Å². The second-order valence-corrected chi connectivity index (χ2v) is 7.48. The van der Waals surface area contributed by atoms with Crippen LogP contribution in [0.3, 0.4) is 0 Å². The van der Waals surface area contributed by atoms with Crippen molar-refractivity contribution >= 4 is 27.3 Å². The van der Waals surface area contributed by atoms with E-state index in [1.807, 2.05) is 0 Å². The molecule has 20 heavy (non-hydrogen) atoms. The van der Waals surface area contributed by atoms with E-state index in [4.69, 9.17) is 15.2 Å². The third-order valence-corrected chi connectivity index (χ3v) is 4.96. The predicted octanol–water partition coefficient (Wildman–Crippen LogP) is 2.88. The van der Waals surface area contributed by atoms with Gasteiger partial charge in [-0.1, -0.05) is 0 Å². The average Bonchev–Trinajstić information content (AvgIpc) is 2.80. The zero-order chi connectivity index (χ0) is 15.1. The summed E-state index contributed by atoms with van der Waals surface area (Å²) >= 11 is 5.26. The van der Waals surface area contributed by atoms with E-state index in [0.717, 1.165) is 10.3 Å². The topological polar surface area (TPSA) is 47.7 Å². The molecule has 1 rings (SSSR count). The Morgan fingerprint density at radius 2 is 2.00 bits per heavy atom. The number of thiophene rings is 1. The maximum absolute atomic E-state index is 6.25. The number of rotatable bonds is 9. The Morgan fingerprint density at radius 3 is 2.45 bits per heavy atom. The lowest BCUT2D eigenvalue weighted by Gasteiger charge is -2.37. The molecule has 0 fully saturated rings. The lowest BCUT2D eigenvalue weighted by molar-refractivity contribution is 0.0411. The molecule has 0 aromatic carbocycles. The molecule has 0 aliphatic rings. The van der Waals surface area contributed by atoms with Gasteiger partial charge in [-0.05, 0) is 41.9 Å². The largest absolute Gasteiger partial charge is 0.383 e. The normalized spacial score (nSPS) is 16.4. The predicted molar refractivity (Wildman–Crippen MR) is 88.3 cm³/mol. The molecule has 0 saturated carbocycles. The third-order valence-electron chi connectivity index (χ3n) is 3.27. The van der Waals surface area contributed by atoms with Crippen molar-refractivity contribution in [3.05, 3.63) is 20.8 Å². The molecule has 0 spiro atoms. The summed E-state index contributed by atoms with van der Waals surface area (Å²) in [5.41, 5.74) is 6.25. The Bertz CT molecular complexity index is 387. The van der Waals surface area contributed by atoms with Crippen molar-refractivity contribution in [1.29, 1.82) is 0 Å². The van der Waals surface area contributed by atoms with Crippen molar-refractivity contribution in [3.8, 4) is 0 Å². The molecule has 2 N–H and O–H groups in total. The second-order valence-electron chi connectivity index (χ2n) is 4.98. The Kier molecular flexibility index (Phi) is 8.24. The molecule has 3 unspecified atom stereocenters. The first-order valence-electron chi connectivity index (χ1n) is 6.75. The van der Waals surface area contributed by atoms with Crippen LogP contribution in [0.4, 0.5) is 0 Å². The monoisotopic (exact) mass is 364 g/mol. The minimum atomic E-state index is 0.0386. The van der Waals surface area contributed by atoms with Gasteiger partial charge in [0, 0.05) is 37.7 Å². The summed E-state index contributed by atoms with van der Waals surface area (Å²) in [4.78, 5) is 3.64. The summed E-state index contributed by atoms with van der Waals surface area (Å²) in [7, 11) is 3.45. The van der Waals surface area contributed by atoms with Crippen LogP contribution in [0.2, 0.25) is 0 Å². The number of nitrogens with two attached hydrogens (primary N) is 1. The molecule has 0 bridgehead atoms. The van der Waals surface area contributed by atoms with Crippen LogP contribution < -0.4 is 5.73 Å². The smallest absolute Gasteiger partial charge is 0.0702 e. The van der Waals surface area contributed by atoms with E-state index in [1.54, 1.807) is 25.6 Å². The van der Waals surface area contributed by atoms with E-state index in [9.17, 15) is 0 Å². The Labute approximate surface area is 134 Å². The van der Waals surface area contributed by atoms with Crippen molar-refractivity contribution in [2.45, 2.75) is 32.0 Å². The van der Waals surface area contributed by atoms with Gasteiger partial charge in [-0.3, -0.25) is 4.90 Å². The van der Waals surface area contributed by atoms with Crippen LogP contribution in [-0.2, 0) is 9.47 Å². The molecule has 1 heterocycles. The van der Waals surface area contributed by atoms with Gasteiger partial charge in [0.15, 0.2) is 0 Å². The molecule has 1 aromatic rings. The molecule has 0 radical (unpaired) electrons. The first kappa shape index (κ1) is 18.1. The minimum Gasteiger partial charge on any atom is -0.383 e. The fraction of sp³-hybridized carbons (Fsp3) is 0.714. The minimum absolute atomic E-state index is 0.0386. The maximum Gasteiger partial charge on any atom is 0.0702 e. The molecule has 0 amide bonds. The van der Waals surface area contributed by atoms with Gasteiger partial charge < -0.3 is 15.2 Å². The summed E-state index contributed by atoms with van der Waals surface area (Å²) in [6.45, 7) is 6.42. The molecular formula is C14H25BrN2O2S. The Hall–Kier alpha value is 0.0200. The van der Waals surface area contributed by atoms with Crippen LogP contribution in [0.1, 0.15) is 24.8 Å². The van der Waals surface area contributed by atoms with E-state index in [-0.39, 0.29) is 18.1 Å². The van der Waals surface area contributed by atoms with Crippen molar-refractivity contribution in [3.63, 3.8) is 0 Å². The van der Waals surface area contributed by atoms with Crippen LogP contribution in [0, 0.1) is 0 Å². The fourth-order valence-corrected chi connectivity index (χ4v) is 4.04. The SMILES string of the molecule is COCCN(C(C)COC)C(c1ccc(Br)s1)C(C)N. The zero-order valence-corrected chi connectivity index (χ0v) is 15.0. The Morgan fingerprint density at radius 1 is 1.30 bits per heavy atom. The van der Waals surface area contributed by atoms with Gasteiger partial charge in [0.05, 0.1) is 23.0 Å². The molecule has 0 saturated heterocycles. The standard InChI is InChI=1S/C14H25BrN2O2S/c1-10(9-19-4)17(7-8-18-3)14(11(2)16)12-5-6-13(15)20-12/h5-6,10-11,14H,7-9,16H2,1-4H3. The van der Waals surface area contributed by atoms with Gasteiger partial charge >= 0.3 is 0 Å². The first-order valence-corrected chi connectivity index (χ1v) is 8.36. The van der Waals surface area contributed by atoms with Crippen LogP contribution in [0.25, 0.3) is 0 Å². The molecule has 1 aromatic heterocycles. The van der Waals surface area contributed by atoms with E-state index >= 15 is 0 Å². The molecule has 6 heteroatoms. The third kappa shape index (κ3) is 5.09. The summed E-state index contributed by atoms with van der Waals surface area (Å²) < 4.78 is 11.7. The molecule has 116 valence electrons. The van der Waals surface area contributed by atoms with Gasteiger partial charge in [0.2, 0.25) is 0 Å². The lowest BCUT2D eigenvalue weighted by atomic mass is 10.0. The van der Waals surface area contributed by atoms with E-state index in [1.165, 1.54) is 4.88 Å². The number of halogens is 1. The van der Waals surface area contributed by atoms with Crippen LogP contribution in [0.15, 0.2) is 15.9 Å². The number of hydrogen-bond donors (Lipinski definition) is 1. The molecule has 0 aliphatic heterocycles. The van der Waals surface area contributed by atoms with Crippen LogP contribution >= 0.6 is 27.3 Å². The first-order chi connectivity index (χ1) is 9.51. The van der Waals surface area contributed by atoms with Crippen molar-refractivity contribution in [1.82, 2.24) is 4.90 Å². The number of hydrogen-bond acceptors (Lipinski definition) is 5. The molecule has 4 nitrogen and oxygen atoms in total. The van der Waals surface area contributed by atoms with Gasteiger partial charge in [-0.15, -0.1) is 11.3 Å². The van der Waals surface area contributed by atoms with Gasteiger partial charge in [0.25, 0.3) is 0 Å². The summed E-state index contributed by atoms with van der Waals surface area (Å²) in [6, 6.07) is 4.71. The highest BCUT2D eigenvalue weighted by atomic mass is 79.9. The van der Waals surface area contributed by atoms with Crippen molar-refractivity contribution in [2.24, 2.45) is 5.73 Å². The summed E-state index contributed by atoms with van der Waals surface area (Å²) in [5, 5.41) is 0. The van der Waals surface area contributed by atoms with Crippen LogP contribution in [-0.4, -0.2) is 51.0 Å². The fourth-order valence-electron chi connectivity index (χ4n) is 2.38. The maximum atomic E-state index is 6.25. The zero-order valence-electron chi connectivity index (χ0n) is 12.6. The summed E-state index contributed by atoms with van der Waals surface area (Å²) in [5.74, 6) is 0. The van der Waals surface area contributed by atoms with Gasteiger partial charge in [0.1, 0.15) is 0 Å². The quantitative estimate of drug-likeness (QED) is 0.731. The number of ether oxygens (including phenoxy) is 2. The second kappa shape index (κ2) is 9.12. The van der Waals surface area contributed by atoms with E-state index in [2.05, 4.69) is 46.8 Å². The highest BCUT2D eigenvalue weighted by molar-refractivity contribution is 9.11. The molecular weight excluding hydrogens is 340 g/mol. The van der Waals surface area contributed by atoms with Gasteiger partial charge in [-0.25, -0.2) is 0 Å². The molecule has 3 atom stereocenters. The van der Waals surface area contributed by atoms with Crippen molar-refractivity contribution < 1.29 is 9.47 Å². The van der Waals surface area contributed by atoms with Crippen LogP contribution in [0.5, 0.6) is 0 Å². The lowest BCUT2D eigenvalue weighted by Crippen LogP contribution is -2.46. The highest BCUT2D eigenvalue weighted by Crippen LogP contribution is 2.33. The highest BCUT2D eigenvalue weighted by Gasteiger charge is 2.28. The Balaban J connectivity index is 2.97. The number of methoxy groups -OCH3 is 2. The average molecular weight is 365 g/mol. The summed E-state index contributed by atoms with van der Waals surface area (Å²) in [6.07, 6.45) is 0. The van der Waals surface area contributed by atoms with Crippen molar-refractivity contribution in [2.75, 3.05) is 34.0 Å². The van der Waals surface area contributed by atoms with Gasteiger partial charge in [-0.2, -0.15) is 0 Å².